The summed E-state index contributed by atoms with van der Waals surface area (Å²) in [6, 6.07) is 26.9. The Bertz CT molecular complexity index is 959. The number of amides is 1. The quantitative estimate of drug-likeness (QED) is 0.441. The third-order valence-electron chi connectivity index (χ3n) is 4.80. The minimum atomic E-state index is -0.231. The molecule has 0 saturated carbocycles. The van der Waals surface area contributed by atoms with Crippen molar-refractivity contribution in [3.05, 3.63) is 102 Å². The molecule has 0 radical (unpaired) electrons. The molecule has 3 aromatic rings. The largest absolute Gasteiger partial charge is 0.485 e. The first-order valence-electron chi connectivity index (χ1n) is 10.5. The fraction of sp³-hybridized carbons (Fsp3) is 0.231. The molecule has 0 aromatic heterocycles. The van der Waals surface area contributed by atoms with E-state index in [-0.39, 0.29) is 24.8 Å². The number of ether oxygens (including phenoxy) is 1. The highest BCUT2D eigenvalue weighted by Gasteiger charge is 2.13. The Morgan fingerprint density at radius 2 is 1.42 bits per heavy atom. The average molecular weight is 417 g/mol. The molecule has 1 amide bonds. The van der Waals surface area contributed by atoms with Gasteiger partial charge < -0.3 is 15.4 Å². The molecule has 0 atom stereocenters. The van der Waals surface area contributed by atoms with Crippen molar-refractivity contribution in [2.24, 2.45) is 0 Å². The lowest BCUT2D eigenvalue weighted by molar-refractivity contribution is -0.120. The summed E-state index contributed by atoms with van der Waals surface area (Å²) in [5, 5.41) is 6.05. The molecule has 0 aliphatic rings. The zero-order valence-electron chi connectivity index (χ0n) is 17.6. The lowest BCUT2D eigenvalue weighted by Gasteiger charge is -2.12. The third-order valence-corrected chi connectivity index (χ3v) is 4.80. The van der Waals surface area contributed by atoms with Gasteiger partial charge in [-0.05, 0) is 42.6 Å². The van der Waals surface area contributed by atoms with E-state index in [4.69, 9.17) is 4.74 Å². The van der Waals surface area contributed by atoms with Gasteiger partial charge in [-0.15, -0.1) is 0 Å². The fourth-order valence-electron chi connectivity index (χ4n) is 3.15. The van der Waals surface area contributed by atoms with Crippen molar-refractivity contribution in [3.8, 4) is 5.75 Å². The molecule has 0 heterocycles. The van der Waals surface area contributed by atoms with Gasteiger partial charge >= 0.3 is 0 Å². The number of ketones is 1. The van der Waals surface area contributed by atoms with E-state index in [1.807, 2.05) is 48.5 Å². The SMILES string of the molecule is O=C(CNCCCc1ccccc1)COc1ccccc1C(=O)NCc1ccccc1. The van der Waals surface area contributed by atoms with Gasteiger partial charge in [-0.1, -0.05) is 72.8 Å². The summed E-state index contributed by atoms with van der Waals surface area (Å²) >= 11 is 0. The zero-order chi connectivity index (χ0) is 21.7. The second-order valence-electron chi connectivity index (χ2n) is 7.26. The van der Waals surface area contributed by atoms with Crippen LogP contribution in [0.3, 0.4) is 0 Å². The van der Waals surface area contributed by atoms with E-state index in [9.17, 15) is 9.59 Å². The number of nitrogens with one attached hydrogen (secondary N) is 2. The zero-order valence-corrected chi connectivity index (χ0v) is 17.6. The number of aryl methyl sites for hydroxylation is 1. The van der Waals surface area contributed by atoms with Gasteiger partial charge in [0.05, 0.1) is 12.1 Å². The average Bonchev–Trinajstić information content (AvgIpc) is 2.82. The third kappa shape index (κ3) is 7.72. The summed E-state index contributed by atoms with van der Waals surface area (Å²) in [5.41, 5.74) is 2.73. The number of hydrogen-bond donors (Lipinski definition) is 2. The summed E-state index contributed by atoms with van der Waals surface area (Å²) in [5.74, 6) is 0.121. The van der Waals surface area contributed by atoms with Crippen molar-refractivity contribution in [1.29, 1.82) is 0 Å². The molecule has 0 spiro atoms. The molecule has 0 unspecified atom stereocenters. The van der Waals surface area contributed by atoms with Crippen molar-refractivity contribution < 1.29 is 14.3 Å². The van der Waals surface area contributed by atoms with Crippen molar-refractivity contribution in [1.82, 2.24) is 10.6 Å². The maximum absolute atomic E-state index is 12.6. The molecule has 0 aliphatic heterocycles. The Balaban J connectivity index is 1.39. The van der Waals surface area contributed by atoms with Crippen LogP contribution >= 0.6 is 0 Å². The van der Waals surface area contributed by atoms with Crippen molar-refractivity contribution in [3.63, 3.8) is 0 Å². The second kappa shape index (κ2) is 12.3. The molecule has 2 N–H and O–H groups in total. The van der Waals surface area contributed by atoms with Crippen LogP contribution in [0.1, 0.15) is 27.9 Å². The van der Waals surface area contributed by atoms with Crippen LogP contribution in [0.15, 0.2) is 84.9 Å². The monoisotopic (exact) mass is 416 g/mol. The summed E-state index contributed by atoms with van der Waals surface area (Å²) in [4.78, 5) is 24.7. The summed E-state index contributed by atoms with van der Waals surface area (Å²) < 4.78 is 5.65. The smallest absolute Gasteiger partial charge is 0.255 e. The second-order valence-corrected chi connectivity index (χ2v) is 7.26. The van der Waals surface area contributed by atoms with Gasteiger partial charge in [0.1, 0.15) is 12.4 Å². The summed E-state index contributed by atoms with van der Waals surface area (Å²) in [7, 11) is 0. The molecule has 0 saturated heterocycles. The van der Waals surface area contributed by atoms with E-state index in [0.29, 0.717) is 17.9 Å². The molecule has 5 nitrogen and oxygen atoms in total. The van der Waals surface area contributed by atoms with Gasteiger partial charge in [0.15, 0.2) is 5.78 Å². The lowest BCUT2D eigenvalue weighted by atomic mass is 10.1. The predicted octanol–water partition coefficient (Wildman–Crippen LogP) is 3.79. The van der Waals surface area contributed by atoms with Crippen LogP contribution < -0.4 is 15.4 Å². The van der Waals surface area contributed by atoms with Gasteiger partial charge in [0, 0.05) is 6.54 Å². The van der Waals surface area contributed by atoms with E-state index in [1.165, 1.54) is 5.56 Å². The number of para-hydroxylation sites is 1. The first-order chi connectivity index (χ1) is 15.2. The molecule has 3 aromatic carbocycles. The Morgan fingerprint density at radius 3 is 2.16 bits per heavy atom. The van der Waals surface area contributed by atoms with Crippen molar-refractivity contribution in [2.45, 2.75) is 19.4 Å². The van der Waals surface area contributed by atoms with Crippen LogP contribution in [0.4, 0.5) is 0 Å². The molecule has 31 heavy (non-hydrogen) atoms. The highest BCUT2D eigenvalue weighted by atomic mass is 16.5. The summed E-state index contributed by atoms with van der Waals surface area (Å²) in [6.07, 6.45) is 1.94. The van der Waals surface area contributed by atoms with Crippen LogP contribution in [0, 0.1) is 0 Å². The number of Topliss-reactive ketones (excluding diaryl/α,β-unsaturated/α-hetero) is 1. The van der Waals surface area contributed by atoms with Gasteiger partial charge in [0.25, 0.3) is 5.91 Å². The first kappa shape index (κ1) is 22.2. The van der Waals surface area contributed by atoms with E-state index in [2.05, 4.69) is 22.8 Å². The number of carbonyl (C=O) groups is 2. The van der Waals surface area contributed by atoms with Crippen LogP contribution in [0.2, 0.25) is 0 Å². The normalized spacial score (nSPS) is 10.5. The predicted molar refractivity (Wildman–Crippen MR) is 122 cm³/mol. The van der Waals surface area contributed by atoms with Gasteiger partial charge in [-0.2, -0.15) is 0 Å². The van der Waals surface area contributed by atoms with Gasteiger partial charge in [0.2, 0.25) is 0 Å². The van der Waals surface area contributed by atoms with E-state index in [0.717, 1.165) is 24.9 Å². The minimum Gasteiger partial charge on any atom is -0.485 e. The van der Waals surface area contributed by atoms with Gasteiger partial charge in [-0.25, -0.2) is 0 Å². The molecular weight excluding hydrogens is 388 g/mol. The van der Waals surface area contributed by atoms with E-state index < -0.39 is 0 Å². The van der Waals surface area contributed by atoms with E-state index >= 15 is 0 Å². The van der Waals surface area contributed by atoms with Crippen molar-refractivity contribution in [2.75, 3.05) is 19.7 Å². The van der Waals surface area contributed by atoms with Crippen molar-refractivity contribution >= 4 is 11.7 Å². The Kier molecular flexibility index (Phi) is 8.83. The van der Waals surface area contributed by atoms with Crippen LogP contribution in [0.5, 0.6) is 5.75 Å². The Labute approximate surface area is 183 Å². The minimum absolute atomic E-state index is 0.0563. The molecule has 160 valence electrons. The topological polar surface area (TPSA) is 67.4 Å². The standard InChI is InChI=1S/C26H28N2O3/c29-23(19-27-17-9-14-21-10-3-1-4-11-21)20-31-25-16-8-7-15-24(25)26(30)28-18-22-12-5-2-6-13-22/h1-8,10-13,15-16,27H,9,14,17-20H2,(H,28,30). The first-order valence-corrected chi connectivity index (χ1v) is 10.5. The molecular formula is C26H28N2O3. The Hall–Kier alpha value is -3.44. The van der Waals surface area contributed by atoms with E-state index in [1.54, 1.807) is 24.3 Å². The number of hydrogen-bond acceptors (Lipinski definition) is 4. The fourth-order valence-corrected chi connectivity index (χ4v) is 3.15. The highest BCUT2D eigenvalue weighted by molar-refractivity contribution is 5.97. The number of benzene rings is 3. The maximum Gasteiger partial charge on any atom is 0.255 e. The molecule has 0 bridgehead atoms. The van der Waals surface area contributed by atoms with Crippen LogP contribution in [-0.2, 0) is 17.8 Å². The number of carbonyl (C=O) groups excluding carboxylic acids is 2. The summed E-state index contributed by atoms with van der Waals surface area (Å²) in [6.45, 7) is 1.37. The number of rotatable bonds is 12. The highest BCUT2D eigenvalue weighted by Crippen LogP contribution is 2.18. The molecule has 0 fully saturated rings. The lowest BCUT2D eigenvalue weighted by Crippen LogP contribution is -2.28. The van der Waals surface area contributed by atoms with Crippen LogP contribution in [0.25, 0.3) is 0 Å². The van der Waals surface area contributed by atoms with Gasteiger partial charge in [-0.3, -0.25) is 9.59 Å². The van der Waals surface area contributed by atoms with Crippen LogP contribution in [-0.4, -0.2) is 31.4 Å². The molecule has 5 heteroatoms. The molecule has 0 aliphatic carbocycles. The maximum atomic E-state index is 12.6. The Morgan fingerprint density at radius 1 is 0.774 bits per heavy atom. The molecule has 3 rings (SSSR count).